The molecule has 1 amide bonds. The summed E-state index contributed by atoms with van der Waals surface area (Å²) in [5, 5.41) is 0. The first kappa shape index (κ1) is 13.0. The van der Waals surface area contributed by atoms with E-state index in [4.69, 9.17) is 0 Å². The van der Waals surface area contributed by atoms with Gasteiger partial charge >= 0.3 is 10.2 Å². The molecule has 0 N–H and O–H groups in total. The van der Waals surface area contributed by atoms with Crippen LogP contribution in [-0.4, -0.2) is 42.8 Å². The standard InChI is InChI=1S/C11H13FN2O3S/c1-13-10(7-9-5-3-2-4-6-9)11(15)14(8-12)18(13,16)17/h2-6,10H,7-8H2,1H3/t10-/m0/s1. The summed E-state index contributed by atoms with van der Waals surface area (Å²) in [6.45, 7) is -1.32. The van der Waals surface area contributed by atoms with E-state index in [9.17, 15) is 17.6 Å². The van der Waals surface area contributed by atoms with Crippen LogP contribution in [0.15, 0.2) is 30.3 Å². The second-order valence-corrected chi connectivity index (χ2v) is 5.95. The second-order valence-electron chi connectivity index (χ2n) is 4.04. The van der Waals surface area contributed by atoms with Gasteiger partial charge in [0.15, 0.2) is 6.80 Å². The number of benzene rings is 1. The molecule has 1 heterocycles. The van der Waals surface area contributed by atoms with Gasteiger partial charge in [0, 0.05) is 7.05 Å². The molecule has 1 aromatic carbocycles. The van der Waals surface area contributed by atoms with E-state index in [2.05, 4.69) is 0 Å². The quantitative estimate of drug-likeness (QED) is 0.755. The van der Waals surface area contributed by atoms with Gasteiger partial charge in [-0.05, 0) is 12.0 Å². The smallest absolute Gasteiger partial charge is 0.272 e. The molecule has 5 nitrogen and oxygen atoms in total. The molecule has 1 atom stereocenters. The van der Waals surface area contributed by atoms with Crippen LogP contribution >= 0.6 is 0 Å². The molecule has 0 radical (unpaired) electrons. The topological polar surface area (TPSA) is 57.7 Å². The summed E-state index contributed by atoms with van der Waals surface area (Å²) in [6, 6.07) is 8.16. The van der Waals surface area contributed by atoms with Gasteiger partial charge in [-0.25, -0.2) is 4.39 Å². The number of halogens is 1. The number of alkyl halides is 1. The van der Waals surface area contributed by atoms with Gasteiger partial charge in [-0.2, -0.15) is 17.0 Å². The Balaban J connectivity index is 2.28. The lowest BCUT2D eigenvalue weighted by molar-refractivity contribution is -0.128. The number of rotatable bonds is 3. The lowest BCUT2D eigenvalue weighted by Crippen LogP contribution is -2.33. The maximum absolute atomic E-state index is 12.6. The van der Waals surface area contributed by atoms with E-state index in [-0.39, 0.29) is 10.7 Å². The highest BCUT2D eigenvalue weighted by atomic mass is 32.2. The largest absolute Gasteiger partial charge is 0.309 e. The Bertz CT molecular complexity index is 547. The van der Waals surface area contributed by atoms with E-state index in [0.717, 1.165) is 9.87 Å². The van der Waals surface area contributed by atoms with Gasteiger partial charge in [0.25, 0.3) is 5.91 Å². The fourth-order valence-electron chi connectivity index (χ4n) is 1.93. The zero-order chi connectivity index (χ0) is 13.3. The van der Waals surface area contributed by atoms with Gasteiger partial charge in [-0.15, -0.1) is 0 Å². The van der Waals surface area contributed by atoms with Crippen LogP contribution in [0.1, 0.15) is 5.56 Å². The fourth-order valence-corrected chi connectivity index (χ4v) is 3.20. The average Bonchev–Trinajstić information content (AvgIpc) is 2.51. The summed E-state index contributed by atoms with van der Waals surface area (Å²) in [6.07, 6.45) is 0.242. The molecule has 1 fully saturated rings. The first-order valence-electron chi connectivity index (χ1n) is 5.38. The molecule has 1 saturated heterocycles. The lowest BCUT2D eigenvalue weighted by atomic mass is 10.1. The van der Waals surface area contributed by atoms with Crippen molar-refractivity contribution in [2.75, 3.05) is 13.8 Å². The van der Waals surface area contributed by atoms with Crippen LogP contribution in [0.3, 0.4) is 0 Å². The zero-order valence-corrected chi connectivity index (χ0v) is 10.6. The molecule has 0 aliphatic carbocycles. The van der Waals surface area contributed by atoms with E-state index >= 15 is 0 Å². The minimum Gasteiger partial charge on any atom is -0.272 e. The molecule has 0 bridgehead atoms. The third-order valence-corrected chi connectivity index (χ3v) is 4.81. The first-order chi connectivity index (χ1) is 8.48. The summed E-state index contributed by atoms with van der Waals surface area (Å²) < 4.78 is 37.3. The highest BCUT2D eigenvalue weighted by Gasteiger charge is 2.48. The van der Waals surface area contributed by atoms with Crippen molar-refractivity contribution < 1.29 is 17.6 Å². The van der Waals surface area contributed by atoms with Crippen LogP contribution in [0.5, 0.6) is 0 Å². The molecule has 1 aliphatic rings. The van der Waals surface area contributed by atoms with Crippen molar-refractivity contribution in [1.82, 2.24) is 8.61 Å². The number of amides is 1. The van der Waals surface area contributed by atoms with Crippen molar-refractivity contribution in [2.45, 2.75) is 12.5 Å². The first-order valence-corrected chi connectivity index (χ1v) is 6.77. The molecular formula is C11H13FN2O3S. The minimum atomic E-state index is -3.99. The van der Waals surface area contributed by atoms with E-state index < -0.39 is 29.0 Å². The highest BCUT2D eigenvalue weighted by Crippen LogP contribution is 2.24. The minimum absolute atomic E-state index is 0.242. The SMILES string of the molecule is CN1[C@@H](Cc2ccccc2)C(=O)N(CF)S1(=O)=O. The molecular weight excluding hydrogens is 259 g/mol. The fraction of sp³-hybridized carbons (Fsp3) is 0.364. The van der Waals surface area contributed by atoms with Gasteiger partial charge in [0.2, 0.25) is 0 Å². The molecule has 18 heavy (non-hydrogen) atoms. The Kier molecular flexibility index (Phi) is 3.36. The molecule has 7 heteroatoms. The van der Waals surface area contributed by atoms with Gasteiger partial charge in [-0.3, -0.25) is 4.79 Å². The third kappa shape index (κ3) is 1.99. The molecule has 98 valence electrons. The van der Waals surface area contributed by atoms with Crippen molar-refractivity contribution in [3.05, 3.63) is 35.9 Å². The van der Waals surface area contributed by atoms with Gasteiger partial charge in [-0.1, -0.05) is 30.3 Å². The van der Waals surface area contributed by atoms with E-state index in [0.29, 0.717) is 0 Å². The second kappa shape index (κ2) is 4.66. The summed E-state index contributed by atoms with van der Waals surface area (Å²) in [4.78, 5) is 11.8. The van der Waals surface area contributed by atoms with E-state index in [1.165, 1.54) is 7.05 Å². The van der Waals surface area contributed by atoms with Crippen LogP contribution < -0.4 is 0 Å². The lowest BCUT2D eigenvalue weighted by Gasteiger charge is -2.14. The van der Waals surface area contributed by atoms with Crippen LogP contribution in [-0.2, 0) is 21.4 Å². The van der Waals surface area contributed by atoms with Crippen molar-refractivity contribution >= 4 is 16.1 Å². The predicted molar refractivity (Wildman–Crippen MR) is 63.4 cm³/mol. The third-order valence-electron chi connectivity index (χ3n) is 2.99. The number of hydrogen-bond acceptors (Lipinski definition) is 3. The number of hydrogen-bond donors (Lipinski definition) is 0. The van der Waals surface area contributed by atoms with Crippen LogP contribution in [0, 0.1) is 0 Å². The molecule has 1 aromatic rings. The summed E-state index contributed by atoms with van der Waals surface area (Å²) in [5.41, 5.74) is 0.832. The Morgan fingerprint density at radius 1 is 1.28 bits per heavy atom. The molecule has 0 unspecified atom stereocenters. The molecule has 0 aromatic heterocycles. The van der Waals surface area contributed by atoms with E-state index in [1.54, 1.807) is 24.3 Å². The summed E-state index contributed by atoms with van der Waals surface area (Å²) in [7, 11) is -2.70. The van der Waals surface area contributed by atoms with Crippen molar-refractivity contribution in [1.29, 1.82) is 0 Å². The van der Waals surface area contributed by atoms with Crippen LogP contribution in [0.25, 0.3) is 0 Å². The van der Waals surface area contributed by atoms with E-state index in [1.807, 2.05) is 6.07 Å². The number of carbonyl (C=O) groups is 1. The zero-order valence-electron chi connectivity index (χ0n) is 9.78. The molecule has 2 rings (SSSR count). The number of nitrogens with zero attached hydrogens (tertiary/aromatic N) is 2. The average molecular weight is 272 g/mol. The highest BCUT2D eigenvalue weighted by molar-refractivity contribution is 7.87. The Labute approximate surface area is 105 Å². The summed E-state index contributed by atoms with van der Waals surface area (Å²) >= 11 is 0. The number of likely N-dealkylation sites (N-methyl/N-ethyl adjacent to an activating group) is 1. The molecule has 0 saturated carbocycles. The molecule has 1 aliphatic heterocycles. The van der Waals surface area contributed by atoms with Gasteiger partial charge in [0.1, 0.15) is 6.04 Å². The van der Waals surface area contributed by atoms with Crippen LogP contribution in [0.4, 0.5) is 4.39 Å². The normalized spacial score (nSPS) is 23.6. The maximum atomic E-state index is 12.6. The van der Waals surface area contributed by atoms with Crippen molar-refractivity contribution in [2.24, 2.45) is 0 Å². The summed E-state index contributed by atoms with van der Waals surface area (Å²) in [5.74, 6) is -0.719. The van der Waals surface area contributed by atoms with Gasteiger partial charge in [0.05, 0.1) is 0 Å². The number of carbonyl (C=O) groups excluding carboxylic acids is 1. The Morgan fingerprint density at radius 3 is 2.39 bits per heavy atom. The van der Waals surface area contributed by atoms with Crippen molar-refractivity contribution in [3.63, 3.8) is 0 Å². The molecule has 0 spiro atoms. The Morgan fingerprint density at radius 2 is 1.89 bits per heavy atom. The van der Waals surface area contributed by atoms with Gasteiger partial charge < -0.3 is 0 Å². The monoisotopic (exact) mass is 272 g/mol. The van der Waals surface area contributed by atoms with Crippen molar-refractivity contribution in [3.8, 4) is 0 Å². The predicted octanol–water partition coefficient (Wildman–Crippen LogP) is 0.544. The maximum Gasteiger partial charge on any atom is 0.309 e. The Hall–Kier alpha value is -1.47. The van der Waals surface area contributed by atoms with Crippen LogP contribution in [0.2, 0.25) is 0 Å².